The lowest BCUT2D eigenvalue weighted by Gasteiger charge is -2.12. The zero-order valence-corrected chi connectivity index (χ0v) is 11.3. The van der Waals surface area contributed by atoms with Crippen molar-refractivity contribution in [3.8, 4) is 11.1 Å². The molecule has 2 aromatic rings. The second-order valence-electron chi connectivity index (χ2n) is 4.55. The number of hydrogen-bond donors (Lipinski definition) is 2. The van der Waals surface area contributed by atoms with E-state index in [9.17, 15) is 0 Å². The number of nitrogens with two attached hydrogens (primary N) is 1. The van der Waals surface area contributed by atoms with Gasteiger partial charge in [0.25, 0.3) is 0 Å². The Morgan fingerprint density at radius 2 is 1.53 bits per heavy atom. The lowest BCUT2D eigenvalue weighted by atomic mass is 9.94. The van der Waals surface area contributed by atoms with Crippen LogP contribution in [0.3, 0.4) is 0 Å². The highest BCUT2D eigenvalue weighted by Gasteiger charge is 2.07. The standard InChI is InChI=1S/C15H17NS/c1-9-6-10(2)15(11(3)7-9)12-4-5-13(16)14(17)8-12/h4-8,17H,16H2,1-3H3. The summed E-state index contributed by atoms with van der Waals surface area (Å²) in [5, 5.41) is 0. The van der Waals surface area contributed by atoms with Crippen LogP contribution in [-0.4, -0.2) is 0 Å². The summed E-state index contributed by atoms with van der Waals surface area (Å²) in [4.78, 5) is 0.835. The number of rotatable bonds is 1. The average Bonchev–Trinajstić information content (AvgIpc) is 2.21. The van der Waals surface area contributed by atoms with Gasteiger partial charge in [0.15, 0.2) is 0 Å². The monoisotopic (exact) mass is 243 g/mol. The zero-order valence-electron chi connectivity index (χ0n) is 10.4. The van der Waals surface area contributed by atoms with E-state index in [0.29, 0.717) is 0 Å². The van der Waals surface area contributed by atoms with Crippen molar-refractivity contribution in [1.29, 1.82) is 0 Å². The first-order valence-corrected chi connectivity index (χ1v) is 6.10. The fraction of sp³-hybridized carbons (Fsp3) is 0.200. The van der Waals surface area contributed by atoms with E-state index in [1.807, 2.05) is 12.1 Å². The van der Waals surface area contributed by atoms with Gasteiger partial charge in [0.05, 0.1) is 0 Å². The maximum Gasteiger partial charge on any atom is 0.0450 e. The SMILES string of the molecule is Cc1cc(C)c(-c2ccc(N)c(S)c2)c(C)c1. The van der Waals surface area contributed by atoms with Crippen molar-refractivity contribution in [3.63, 3.8) is 0 Å². The Balaban J connectivity index is 2.64. The molecule has 0 aromatic heterocycles. The quantitative estimate of drug-likeness (QED) is 0.571. The first kappa shape index (κ1) is 12.1. The van der Waals surface area contributed by atoms with Crippen LogP contribution in [0.5, 0.6) is 0 Å². The molecule has 0 saturated carbocycles. The molecule has 0 unspecified atom stereocenters. The Bertz CT molecular complexity index is 550. The molecule has 2 N–H and O–H groups in total. The average molecular weight is 243 g/mol. The highest BCUT2D eigenvalue weighted by molar-refractivity contribution is 7.80. The second-order valence-corrected chi connectivity index (χ2v) is 5.03. The largest absolute Gasteiger partial charge is 0.398 e. The molecule has 17 heavy (non-hydrogen) atoms. The molecule has 0 aliphatic carbocycles. The lowest BCUT2D eigenvalue weighted by Crippen LogP contribution is -1.92. The molecule has 0 radical (unpaired) electrons. The maximum atomic E-state index is 5.79. The van der Waals surface area contributed by atoms with Gasteiger partial charge in [-0.05, 0) is 55.2 Å². The zero-order chi connectivity index (χ0) is 12.6. The minimum absolute atomic E-state index is 0.722. The van der Waals surface area contributed by atoms with Crippen molar-refractivity contribution >= 4 is 18.3 Å². The molecule has 88 valence electrons. The van der Waals surface area contributed by atoms with Crippen LogP contribution in [-0.2, 0) is 0 Å². The van der Waals surface area contributed by atoms with Gasteiger partial charge in [-0.3, -0.25) is 0 Å². The molecule has 0 saturated heterocycles. The van der Waals surface area contributed by atoms with Crippen LogP contribution in [0.2, 0.25) is 0 Å². The number of benzene rings is 2. The van der Waals surface area contributed by atoms with Crippen LogP contribution in [0.15, 0.2) is 35.2 Å². The van der Waals surface area contributed by atoms with E-state index in [1.165, 1.54) is 27.8 Å². The molecule has 0 amide bonds. The minimum atomic E-state index is 0.722. The molecule has 0 fully saturated rings. The Hall–Kier alpha value is -1.41. The van der Waals surface area contributed by atoms with Gasteiger partial charge in [-0.15, -0.1) is 12.6 Å². The van der Waals surface area contributed by atoms with E-state index in [2.05, 4.69) is 51.6 Å². The summed E-state index contributed by atoms with van der Waals surface area (Å²) in [7, 11) is 0. The Morgan fingerprint density at radius 1 is 0.941 bits per heavy atom. The van der Waals surface area contributed by atoms with E-state index in [-0.39, 0.29) is 0 Å². The third-order valence-electron chi connectivity index (χ3n) is 3.00. The van der Waals surface area contributed by atoms with Crippen LogP contribution < -0.4 is 5.73 Å². The molecular weight excluding hydrogens is 226 g/mol. The molecule has 0 bridgehead atoms. The molecule has 0 aliphatic rings. The summed E-state index contributed by atoms with van der Waals surface area (Å²) in [5.41, 5.74) is 12.9. The summed E-state index contributed by atoms with van der Waals surface area (Å²) in [6.07, 6.45) is 0. The fourth-order valence-corrected chi connectivity index (χ4v) is 2.55. The third-order valence-corrected chi connectivity index (χ3v) is 3.38. The van der Waals surface area contributed by atoms with Crippen LogP contribution >= 0.6 is 12.6 Å². The van der Waals surface area contributed by atoms with Gasteiger partial charge >= 0.3 is 0 Å². The van der Waals surface area contributed by atoms with Crippen molar-refractivity contribution in [2.45, 2.75) is 25.7 Å². The molecule has 2 rings (SSSR count). The fourth-order valence-electron chi connectivity index (χ4n) is 2.33. The van der Waals surface area contributed by atoms with Crippen LogP contribution in [0.1, 0.15) is 16.7 Å². The third kappa shape index (κ3) is 2.32. The van der Waals surface area contributed by atoms with E-state index < -0.39 is 0 Å². The molecule has 1 nitrogen and oxygen atoms in total. The van der Waals surface area contributed by atoms with E-state index >= 15 is 0 Å². The smallest absolute Gasteiger partial charge is 0.0450 e. The van der Waals surface area contributed by atoms with Crippen LogP contribution in [0.4, 0.5) is 5.69 Å². The number of hydrogen-bond acceptors (Lipinski definition) is 2. The van der Waals surface area contributed by atoms with E-state index in [1.54, 1.807) is 0 Å². The van der Waals surface area contributed by atoms with Gasteiger partial charge in [-0.1, -0.05) is 23.8 Å². The predicted molar refractivity (Wildman–Crippen MR) is 77.8 cm³/mol. The summed E-state index contributed by atoms with van der Waals surface area (Å²) in [6.45, 7) is 6.41. The van der Waals surface area contributed by atoms with Gasteiger partial charge in [-0.25, -0.2) is 0 Å². The Morgan fingerprint density at radius 3 is 2.06 bits per heavy atom. The molecule has 0 atom stereocenters. The molecule has 0 heterocycles. The van der Waals surface area contributed by atoms with Crippen LogP contribution in [0.25, 0.3) is 11.1 Å². The van der Waals surface area contributed by atoms with Gasteiger partial charge in [0.2, 0.25) is 0 Å². The first-order chi connectivity index (χ1) is 7.99. The summed E-state index contributed by atoms with van der Waals surface area (Å²) >= 11 is 4.38. The highest BCUT2D eigenvalue weighted by Crippen LogP contribution is 2.31. The number of anilines is 1. The molecular formula is C15H17NS. The molecule has 0 spiro atoms. The molecule has 0 aliphatic heterocycles. The van der Waals surface area contributed by atoms with Crippen molar-refractivity contribution < 1.29 is 0 Å². The van der Waals surface area contributed by atoms with E-state index in [0.717, 1.165) is 10.6 Å². The predicted octanol–water partition coefficient (Wildman–Crippen LogP) is 4.15. The number of thiol groups is 1. The minimum Gasteiger partial charge on any atom is -0.398 e. The van der Waals surface area contributed by atoms with Crippen LogP contribution in [0, 0.1) is 20.8 Å². The number of aryl methyl sites for hydroxylation is 3. The Labute approximate surface area is 108 Å². The number of nitrogen functional groups attached to an aromatic ring is 1. The van der Waals surface area contributed by atoms with Crippen molar-refractivity contribution in [3.05, 3.63) is 47.0 Å². The normalized spacial score (nSPS) is 10.6. The topological polar surface area (TPSA) is 26.0 Å². The molecule has 2 heteroatoms. The van der Waals surface area contributed by atoms with E-state index in [4.69, 9.17) is 5.73 Å². The van der Waals surface area contributed by atoms with Gasteiger partial charge < -0.3 is 5.73 Å². The summed E-state index contributed by atoms with van der Waals surface area (Å²) < 4.78 is 0. The van der Waals surface area contributed by atoms with Crippen molar-refractivity contribution in [1.82, 2.24) is 0 Å². The van der Waals surface area contributed by atoms with Gasteiger partial charge in [-0.2, -0.15) is 0 Å². The second kappa shape index (κ2) is 4.46. The lowest BCUT2D eigenvalue weighted by molar-refractivity contribution is 1.31. The highest BCUT2D eigenvalue weighted by atomic mass is 32.1. The molecule has 2 aromatic carbocycles. The van der Waals surface area contributed by atoms with Crippen molar-refractivity contribution in [2.75, 3.05) is 5.73 Å². The van der Waals surface area contributed by atoms with Gasteiger partial charge in [0, 0.05) is 10.6 Å². The maximum absolute atomic E-state index is 5.79. The summed E-state index contributed by atoms with van der Waals surface area (Å²) in [5.74, 6) is 0. The van der Waals surface area contributed by atoms with Gasteiger partial charge in [0.1, 0.15) is 0 Å². The first-order valence-electron chi connectivity index (χ1n) is 5.66. The summed E-state index contributed by atoms with van der Waals surface area (Å²) in [6, 6.07) is 10.4. The Kier molecular flexibility index (Phi) is 3.16. The van der Waals surface area contributed by atoms with Crippen molar-refractivity contribution in [2.24, 2.45) is 0 Å².